The van der Waals surface area contributed by atoms with Crippen LogP contribution < -0.4 is 14.8 Å². The molecule has 2 aromatic carbocycles. The first-order valence-electron chi connectivity index (χ1n) is 8.35. The number of carbonyl (C=O) groups excluding carboxylic acids is 1. The summed E-state index contributed by atoms with van der Waals surface area (Å²) in [5.41, 5.74) is 3.43. The van der Waals surface area contributed by atoms with E-state index >= 15 is 0 Å². The molecule has 0 unspecified atom stereocenters. The van der Waals surface area contributed by atoms with Gasteiger partial charge in [0.25, 0.3) is 0 Å². The molecule has 3 aliphatic heterocycles. The van der Waals surface area contributed by atoms with Gasteiger partial charge in [-0.05, 0) is 53.4 Å². The van der Waals surface area contributed by atoms with Gasteiger partial charge in [-0.3, -0.25) is 4.79 Å². The molecule has 0 saturated heterocycles. The van der Waals surface area contributed by atoms with Gasteiger partial charge in [0.2, 0.25) is 22.7 Å². The molecule has 0 fully saturated rings. The second kappa shape index (κ2) is 5.46. The molecule has 0 aromatic heterocycles. The quantitative estimate of drug-likeness (QED) is 0.867. The van der Waals surface area contributed by atoms with Gasteiger partial charge in [0, 0.05) is 18.8 Å². The van der Waals surface area contributed by atoms with Crippen LogP contribution in [-0.4, -0.2) is 32.0 Å². The van der Waals surface area contributed by atoms with E-state index in [0.29, 0.717) is 30.9 Å². The molecule has 3 aliphatic rings. The average Bonchev–Trinajstić information content (AvgIpc) is 3.22. The predicted octanol–water partition coefficient (Wildman–Crippen LogP) is 1.66. The van der Waals surface area contributed by atoms with Crippen LogP contribution >= 0.6 is 0 Å². The molecule has 8 heteroatoms. The SMILES string of the molecule is O=C1Cc2cc(S(=O)(=O)N3CCc4cc5c(cc4C3)OCO5)ccc2N1. The highest BCUT2D eigenvalue weighted by Gasteiger charge is 2.31. The van der Waals surface area contributed by atoms with Crippen molar-refractivity contribution in [3.05, 3.63) is 47.0 Å². The number of benzene rings is 2. The van der Waals surface area contributed by atoms with Crippen molar-refractivity contribution in [1.29, 1.82) is 0 Å². The largest absolute Gasteiger partial charge is 0.454 e. The Bertz CT molecular complexity index is 1050. The fourth-order valence-electron chi connectivity index (χ4n) is 3.64. The summed E-state index contributed by atoms with van der Waals surface area (Å²) in [6.07, 6.45) is 0.835. The number of hydrogen-bond donors (Lipinski definition) is 1. The monoisotopic (exact) mass is 372 g/mol. The van der Waals surface area contributed by atoms with Crippen molar-refractivity contribution >= 4 is 21.6 Å². The Balaban J connectivity index is 1.47. The van der Waals surface area contributed by atoms with Gasteiger partial charge >= 0.3 is 0 Å². The van der Waals surface area contributed by atoms with E-state index in [1.807, 2.05) is 12.1 Å². The average molecular weight is 372 g/mol. The van der Waals surface area contributed by atoms with Gasteiger partial charge in [0.15, 0.2) is 11.5 Å². The van der Waals surface area contributed by atoms with Gasteiger partial charge < -0.3 is 14.8 Å². The first-order valence-corrected chi connectivity index (χ1v) is 9.79. The zero-order chi connectivity index (χ0) is 17.9. The molecule has 0 aliphatic carbocycles. The Labute approximate surface area is 150 Å². The van der Waals surface area contributed by atoms with Gasteiger partial charge in [0.1, 0.15) is 0 Å². The van der Waals surface area contributed by atoms with Crippen molar-refractivity contribution in [2.45, 2.75) is 24.3 Å². The summed E-state index contributed by atoms with van der Waals surface area (Å²) in [5.74, 6) is 1.26. The second-order valence-corrected chi connectivity index (χ2v) is 8.54. The molecule has 0 bridgehead atoms. The van der Waals surface area contributed by atoms with Crippen LogP contribution in [0.1, 0.15) is 16.7 Å². The van der Waals surface area contributed by atoms with Crippen molar-refractivity contribution in [3.8, 4) is 11.5 Å². The maximum atomic E-state index is 13.1. The molecular weight excluding hydrogens is 356 g/mol. The molecule has 2 aromatic rings. The van der Waals surface area contributed by atoms with Crippen LogP contribution in [0.25, 0.3) is 0 Å². The van der Waals surface area contributed by atoms with Crippen LogP contribution in [0.2, 0.25) is 0 Å². The first kappa shape index (κ1) is 15.7. The van der Waals surface area contributed by atoms with Crippen LogP contribution in [-0.2, 0) is 34.2 Å². The van der Waals surface area contributed by atoms with Crippen LogP contribution in [0.15, 0.2) is 35.2 Å². The van der Waals surface area contributed by atoms with Gasteiger partial charge in [-0.25, -0.2) is 8.42 Å². The minimum Gasteiger partial charge on any atom is -0.454 e. The van der Waals surface area contributed by atoms with Crippen molar-refractivity contribution in [2.75, 3.05) is 18.7 Å². The molecule has 3 heterocycles. The summed E-state index contributed by atoms with van der Waals surface area (Å²) in [6.45, 7) is 0.897. The van der Waals surface area contributed by atoms with E-state index in [1.165, 1.54) is 4.31 Å². The third kappa shape index (κ3) is 2.37. The van der Waals surface area contributed by atoms with Crippen LogP contribution in [0.5, 0.6) is 11.5 Å². The lowest BCUT2D eigenvalue weighted by molar-refractivity contribution is -0.115. The van der Waals surface area contributed by atoms with Gasteiger partial charge in [-0.15, -0.1) is 0 Å². The number of hydrogen-bond acceptors (Lipinski definition) is 5. The normalized spacial score (nSPS) is 18.4. The number of nitrogens with one attached hydrogen (secondary N) is 1. The van der Waals surface area contributed by atoms with Gasteiger partial charge in [0.05, 0.1) is 11.3 Å². The molecule has 0 radical (unpaired) electrons. The van der Waals surface area contributed by atoms with E-state index < -0.39 is 10.0 Å². The molecule has 7 nitrogen and oxygen atoms in total. The Kier molecular flexibility index (Phi) is 3.29. The highest BCUT2D eigenvalue weighted by Crippen LogP contribution is 2.38. The maximum absolute atomic E-state index is 13.1. The molecule has 134 valence electrons. The zero-order valence-corrected chi connectivity index (χ0v) is 14.6. The summed E-state index contributed by atoms with van der Waals surface area (Å²) in [7, 11) is -3.64. The third-order valence-electron chi connectivity index (χ3n) is 5.01. The standard InChI is InChI=1S/C18H16N2O5S/c21-18-8-12-5-14(1-2-15(12)19-18)26(22,23)20-4-3-11-6-16-17(25-10-24-16)7-13(11)9-20/h1-2,5-7H,3-4,8-10H2,(H,19,21). The fraction of sp³-hybridized carbons (Fsp3) is 0.278. The first-order chi connectivity index (χ1) is 12.5. The summed E-state index contributed by atoms with van der Waals surface area (Å²) in [4.78, 5) is 11.7. The van der Waals surface area contributed by atoms with E-state index in [-0.39, 0.29) is 24.0 Å². The summed E-state index contributed by atoms with van der Waals surface area (Å²) < 4.78 is 38.4. The number of carbonyl (C=O) groups is 1. The van der Waals surface area contributed by atoms with Crippen molar-refractivity contribution in [1.82, 2.24) is 4.31 Å². The molecular formula is C18H16N2O5S. The van der Waals surface area contributed by atoms with E-state index in [9.17, 15) is 13.2 Å². The molecule has 1 amide bonds. The van der Waals surface area contributed by atoms with Crippen LogP contribution in [0.4, 0.5) is 5.69 Å². The molecule has 5 rings (SSSR count). The van der Waals surface area contributed by atoms with Crippen molar-refractivity contribution in [2.24, 2.45) is 0 Å². The lowest BCUT2D eigenvalue weighted by Crippen LogP contribution is -2.36. The smallest absolute Gasteiger partial charge is 0.243 e. The predicted molar refractivity (Wildman–Crippen MR) is 92.6 cm³/mol. The molecule has 26 heavy (non-hydrogen) atoms. The lowest BCUT2D eigenvalue weighted by Gasteiger charge is -2.28. The highest BCUT2D eigenvalue weighted by molar-refractivity contribution is 7.89. The molecule has 1 N–H and O–H groups in total. The molecule has 0 spiro atoms. The number of ether oxygens (including phenoxy) is 2. The van der Waals surface area contributed by atoms with E-state index in [4.69, 9.17) is 9.47 Å². The molecule has 0 saturated carbocycles. The minimum atomic E-state index is -3.64. The Morgan fingerprint density at radius 1 is 1.00 bits per heavy atom. The van der Waals surface area contributed by atoms with Crippen LogP contribution in [0, 0.1) is 0 Å². The fourth-order valence-corrected chi connectivity index (χ4v) is 5.11. The second-order valence-electron chi connectivity index (χ2n) is 6.61. The third-order valence-corrected chi connectivity index (χ3v) is 6.85. The zero-order valence-electron chi connectivity index (χ0n) is 13.8. The maximum Gasteiger partial charge on any atom is 0.243 e. The number of nitrogens with zero attached hydrogens (tertiary/aromatic N) is 1. The lowest BCUT2D eigenvalue weighted by atomic mass is 10.0. The number of rotatable bonds is 2. The van der Waals surface area contributed by atoms with E-state index in [0.717, 1.165) is 22.4 Å². The van der Waals surface area contributed by atoms with Crippen LogP contribution in [0.3, 0.4) is 0 Å². The number of amides is 1. The Hall–Kier alpha value is -2.58. The number of fused-ring (bicyclic) bond motifs is 3. The summed E-state index contributed by atoms with van der Waals surface area (Å²) in [6, 6.07) is 8.61. The van der Waals surface area contributed by atoms with E-state index in [1.54, 1.807) is 18.2 Å². The summed E-state index contributed by atoms with van der Waals surface area (Å²) >= 11 is 0. The number of sulfonamides is 1. The Morgan fingerprint density at radius 2 is 1.77 bits per heavy atom. The van der Waals surface area contributed by atoms with Crippen molar-refractivity contribution in [3.63, 3.8) is 0 Å². The molecule has 0 atom stereocenters. The topological polar surface area (TPSA) is 84.9 Å². The van der Waals surface area contributed by atoms with Gasteiger partial charge in [-0.2, -0.15) is 4.31 Å². The highest BCUT2D eigenvalue weighted by atomic mass is 32.2. The van der Waals surface area contributed by atoms with E-state index in [2.05, 4.69) is 5.32 Å². The van der Waals surface area contributed by atoms with Crippen molar-refractivity contribution < 1.29 is 22.7 Å². The Morgan fingerprint density at radius 3 is 2.58 bits per heavy atom. The van der Waals surface area contributed by atoms with Gasteiger partial charge in [-0.1, -0.05) is 0 Å². The minimum absolute atomic E-state index is 0.113. The summed E-state index contributed by atoms with van der Waals surface area (Å²) in [5, 5.41) is 2.72. The number of anilines is 1.